The number of pyridine rings is 1. The molecule has 7 nitrogen and oxygen atoms in total. The van der Waals surface area contributed by atoms with Crippen LogP contribution in [0.1, 0.15) is 79.5 Å². The van der Waals surface area contributed by atoms with E-state index in [0.717, 1.165) is 75.9 Å². The molecular weight excluding hydrogens is 481 g/mol. The number of alkyl halides is 3. The van der Waals surface area contributed by atoms with Crippen LogP contribution in [0.5, 0.6) is 0 Å². The highest BCUT2D eigenvalue weighted by atomic mass is 19.4. The Morgan fingerprint density at radius 1 is 1.05 bits per heavy atom. The number of aromatic nitrogens is 4. The molecule has 3 fully saturated rings. The number of carbonyl (C=O) groups excluding carboxylic acids is 1. The van der Waals surface area contributed by atoms with Crippen molar-refractivity contribution in [1.29, 1.82) is 0 Å². The molecular formula is C27H35F3N6O. The van der Waals surface area contributed by atoms with Crippen LogP contribution in [-0.2, 0) is 23.9 Å². The van der Waals surface area contributed by atoms with E-state index in [-0.39, 0.29) is 17.9 Å². The predicted octanol–water partition coefficient (Wildman–Crippen LogP) is 4.48. The first kappa shape index (κ1) is 24.8. The third-order valence-corrected chi connectivity index (χ3v) is 9.61. The number of nitrogens with zero attached hydrogens (tertiary/aromatic N) is 6. The smallest absolute Gasteiger partial charge is 0.337 e. The van der Waals surface area contributed by atoms with Crippen molar-refractivity contribution < 1.29 is 18.0 Å². The van der Waals surface area contributed by atoms with Crippen LogP contribution in [-0.4, -0.2) is 61.1 Å². The summed E-state index contributed by atoms with van der Waals surface area (Å²) in [5.74, 6) is 2.46. The fourth-order valence-corrected chi connectivity index (χ4v) is 7.82. The van der Waals surface area contributed by atoms with Gasteiger partial charge in [-0.3, -0.25) is 9.78 Å². The Bertz CT molecular complexity index is 1170. The van der Waals surface area contributed by atoms with Crippen LogP contribution in [0.15, 0.2) is 12.3 Å². The van der Waals surface area contributed by atoms with Crippen molar-refractivity contribution in [3.63, 3.8) is 0 Å². The van der Waals surface area contributed by atoms with E-state index in [9.17, 15) is 18.0 Å². The number of hydrogen-bond donors (Lipinski definition) is 0. The van der Waals surface area contributed by atoms with Crippen molar-refractivity contribution in [3.05, 3.63) is 40.7 Å². The molecule has 1 amide bonds. The van der Waals surface area contributed by atoms with Gasteiger partial charge in [0.15, 0.2) is 0 Å². The maximum atomic E-state index is 14.1. The standard InChI is InChI=1S/C27H35F3N6O/c1-17-32-33-18(2)36(17)22-5-9-34(10-6-22)23-13-20-4-3-8-26(20,14-23)25(37)35-11-7-24-19(16-35)12-21(15-31-24)27(28,29)30/h12,15,20,22-23H,3-11,13-14,16H2,1-2H3/t20-,23-,26-/m1/s1. The van der Waals surface area contributed by atoms with Gasteiger partial charge in [0.25, 0.3) is 0 Å². The lowest BCUT2D eigenvalue weighted by Crippen LogP contribution is -2.47. The van der Waals surface area contributed by atoms with Gasteiger partial charge in [0.1, 0.15) is 11.6 Å². The normalized spacial score (nSPS) is 28.9. The lowest BCUT2D eigenvalue weighted by molar-refractivity contribution is -0.144. The van der Waals surface area contributed by atoms with Gasteiger partial charge in [-0.05, 0) is 69.9 Å². The third-order valence-electron chi connectivity index (χ3n) is 9.61. The molecule has 0 aromatic carbocycles. The van der Waals surface area contributed by atoms with Crippen molar-refractivity contribution in [1.82, 2.24) is 29.5 Å². The molecule has 37 heavy (non-hydrogen) atoms. The van der Waals surface area contributed by atoms with Crippen LogP contribution in [0, 0.1) is 25.2 Å². The zero-order chi connectivity index (χ0) is 25.9. The van der Waals surface area contributed by atoms with Crippen LogP contribution >= 0.6 is 0 Å². The first-order valence-corrected chi connectivity index (χ1v) is 13.6. The van der Waals surface area contributed by atoms with Crippen molar-refractivity contribution in [3.8, 4) is 0 Å². The molecule has 6 rings (SSSR count). The second kappa shape index (κ2) is 9.06. The van der Waals surface area contributed by atoms with Gasteiger partial charge in [0, 0.05) is 56.6 Å². The maximum absolute atomic E-state index is 14.1. The Labute approximate surface area is 215 Å². The van der Waals surface area contributed by atoms with Gasteiger partial charge >= 0.3 is 6.18 Å². The molecule has 10 heteroatoms. The topological polar surface area (TPSA) is 67.2 Å². The Morgan fingerprint density at radius 2 is 1.78 bits per heavy atom. The van der Waals surface area contributed by atoms with E-state index >= 15 is 0 Å². The number of carbonyl (C=O) groups is 1. The highest BCUT2D eigenvalue weighted by Crippen LogP contribution is 2.57. The zero-order valence-corrected chi connectivity index (χ0v) is 21.6. The lowest BCUT2D eigenvalue weighted by Gasteiger charge is -2.39. The van der Waals surface area contributed by atoms with Gasteiger partial charge in [0.2, 0.25) is 5.91 Å². The van der Waals surface area contributed by atoms with E-state index in [1.54, 1.807) is 0 Å². The number of amides is 1. The summed E-state index contributed by atoms with van der Waals surface area (Å²) >= 11 is 0. The summed E-state index contributed by atoms with van der Waals surface area (Å²) in [6, 6.07) is 2.01. The molecule has 2 aliphatic carbocycles. The van der Waals surface area contributed by atoms with Gasteiger partial charge < -0.3 is 14.4 Å². The molecule has 0 radical (unpaired) electrons. The van der Waals surface area contributed by atoms with Crippen molar-refractivity contribution in [2.24, 2.45) is 11.3 Å². The van der Waals surface area contributed by atoms with Gasteiger partial charge in [-0.1, -0.05) is 6.42 Å². The summed E-state index contributed by atoms with van der Waals surface area (Å²) in [5.41, 5.74) is 0.119. The zero-order valence-electron chi connectivity index (χ0n) is 21.6. The number of hydrogen-bond acceptors (Lipinski definition) is 5. The minimum atomic E-state index is -4.43. The second-order valence-electron chi connectivity index (χ2n) is 11.6. The molecule has 3 atom stereocenters. The van der Waals surface area contributed by atoms with Crippen LogP contribution < -0.4 is 0 Å². The summed E-state index contributed by atoms with van der Waals surface area (Å²) in [5, 5.41) is 8.46. The SMILES string of the molecule is Cc1nnc(C)n1C1CCN([C@@H]2C[C@H]3CCC[C@@]3(C(=O)N3CCc4ncc(C(F)(F)F)cc4C3)C2)CC1. The van der Waals surface area contributed by atoms with E-state index < -0.39 is 11.7 Å². The third kappa shape index (κ3) is 4.25. The molecule has 0 spiro atoms. The van der Waals surface area contributed by atoms with Crippen molar-refractivity contribution >= 4 is 5.91 Å². The Morgan fingerprint density at radius 3 is 2.49 bits per heavy atom. The summed E-state index contributed by atoms with van der Waals surface area (Å²) in [7, 11) is 0. The largest absolute Gasteiger partial charge is 0.417 e. The molecule has 200 valence electrons. The average Bonchev–Trinajstić information content (AvgIpc) is 3.55. The minimum Gasteiger partial charge on any atom is -0.337 e. The van der Waals surface area contributed by atoms with Gasteiger partial charge in [0.05, 0.1) is 11.0 Å². The summed E-state index contributed by atoms with van der Waals surface area (Å²) in [6.07, 6.45) is 4.05. The maximum Gasteiger partial charge on any atom is 0.417 e. The first-order chi connectivity index (χ1) is 17.7. The molecule has 0 bridgehead atoms. The predicted molar refractivity (Wildman–Crippen MR) is 130 cm³/mol. The van der Waals surface area contributed by atoms with E-state index in [0.29, 0.717) is 42.2 Å². The molecule has 2 aliphatic heterocycles. The van der Waals surface area contributed by atoms with E-state index in [2.05, 4.69) is 24.6 Å². The van der Waals surface area contributed by atoms with Crippen LogP contribution in [0.3, 0.4) is 0 Å². The van der Waals surface area contributed by atoms with Crippen LogP contribution in [0.4, 0.5) is 13.2 Å². The Balaban J connectivity index is 1.15. The second-order valence-corrected chi connectivity index (χ2v) is 11.6. The monoisotopic (exact) mass is 516 g/mol. The molecule has 2 aromatic heterocycles. The molecule has 4 aliphatic rings. The summed E-state index contributed by atoms with van der Waals surface area (Å²) in [4.78, 5) is 22.5. The van der Waals surface area contributed by atoms with Gasteiger partial charge in [-0.25, -0.2) is 0 Å². The quantitative estimate of drug-likeness (QED) is 0.602. The average molecular weight is 517 g/mol. The number of aryl methyl sites for hydroxylation is 2. The van der Waals surface area contributed by atoms with Crippen molar-refractivity contribution in [2.45, 2.75) is 90.0 Å². The van der Waals surface area contributed by atoms with Crippen molar-refractivity contribution in [2.75, 3.05) is 19.6 Å². The highest BCUT2D eigenvalue weighted by Gasteiger charge is 2.57. The van der Waals surface area contributed by atoms with Gasteiger partial charge in [-0.2, -0.15) is 13.2 Å². The molecule has 1 saturated heterocycles. The number of piperidine rings is 1. The number of rotatable bonds is 3. The molecule has 0 unspecified atom stereocenters. The van der Waals surface area contributed by atoms with E-state index in [4.69, 9.17) is 0 Å². The fraction of sp³-hybridized carbons (Fsp3) is 0.704. The Hall–Kier alpha value is -2.49. The molecule has 4 heterocycles. The molecule has 2 saturated carbocycles. The first-order valence-electron chi connectivity index (χ1n) is 13.6. The summed E-state index contributed by atoms with van der Waals surface area (Å²) in [6.45, 7) is 6.80. The number of fused-ring (bicyclic) bond motifs is 2. The fourth-order valence-electron chi connectivity index (χ4n) is 7.82. The minimum absolute atomic E-state index is 0.159. The van der Waals surface area contributed by atoms with Crippen LogP contribution in [0.2, 0.25) is 0 Å². The number of halogens is 3. The number of likely N-dealkylation sites (tertiary alicyclic amines) is 1. The van der Waals surface area contributed by atoms with E-state index in [1.165, 1.54) is 6.07 Å². The lowest BCUT2D eigenvalue weighted by atomic mass is 9.78. The van der Waals surface area contributed by atoms with Crippen LogP contribution in [0.25, 0.3) is 0 Å². The summed E-state index contributed by atoms with van der Waals surface area (Å²) < 4.78 is 42.1. The van der Waals surface area contributed by atoms with E-state index in [1.807, 2.05) is 18.7 Å². The molecule has 2 aromatic rings. The molecule has 0 N–H and O–H groups in total. The van der Waals surface area contributed by atoms with Gasteiger partial charge in [-0.15, -0.1) is 10.2 Å². The Kier molecular flexibility index (Phi) is 6.08. The highest BCUT2D eigenvalue weighted by molar-refractivity contribution is 5.84.